The molecule has 0 aliphatic carbocycles. The molecule has 0 radical (unpaired) electrons. The number of nitrogens with one attached hydrogen (secondary N) is 1. The number of nitrogens with zero attached hydrogens (tertiary/aromatic N) is 4. The van der Waals surface area contributed by atoms with Gasteiger partial charge in [0.2, 0.25) is 17.8 Å². The minimum Gasteiger partial charge on any atom is -0.355 e. The molecule has 1 saturated heterocycles. The van der Waals surface area contributed by atoms with Crippen LogP contribution >= 0.6 is 24.8 Å². The van der Waals surface area contributed by atoms with E-state index in [1.807, 2.05) is 4.90 Å². The maximum atomic E-state index is 12.2. The molecule has 25 heavy (non-hydrogen) atoms. The van der Waals surface area contributed by atoms with Crippen LogP contribution in [0, 0.1) is 5.92 Å². The zero-order valence-electron chi connectivity index (χ0n) is 14.3. The molecule has 0 saturated carbocycles. The summed E-state index contributed by atoms with van der Waals surface area (Å²) in [4.78, 5) is 36.1. The van der Waals surface area contributed by atoms with Gasteiger partial charge < -0.3 is 20.9 Å². The summed E-state index contributed by atoms with van der Waals surface area (Å²) >= 11 is 0. The van der Waals surface area contributed by atoms with Crippen LogP contribution in [-0.4, -0.2) is 66.0 Å². The summed E-state index contributed by atoms with van der Waals surface area (Å²) in [6.45, 7) is 5.14. The van der Waals surface area contributed by atoms with E-state index in [2.05, 4.69) is 20.2 Å². The van der Waals surface area contributed by atoms with E-state index in [-0.39, 0.29) is 42.5 Å². The van der Waals surface area contributed by atoms with Gasteiger partial charge >= 0.3 is 0 Å². The Morgan fingerprint density at radius 2 is 1.80 bits per heavy atom. The summed E-state index contributed by atoms with van der Waals surface area (Å²) in [5, 5.41) is 2.74. The molecule has 1 aliphatic heterocycles. The summed E-state index contributed by atoms with van der Waals surface area (Å²) in [6, 6.07) is 1.78. The molecule has 2 heterocycles. The normalized spacial score (nSPS) is 14.8. The molecule has 8 nitrogen and oxygen atoms in total. The highest BCUT2D eigenvalue weighted by molar-refractivity contribution is 5.85. The first kappa shape index (κ1) is 23.4. The van der Waals surface area contributed by atoms with E-state index in [1.165, 1.54) is 0 Å². The van der Waals surface area contributed by atoms with Gasteiger partial charge in [-0.25, -0.2) is 9.97 Å². The largest absolute Gasteiger partial charge is 0.355 e. The van der Waals surface area contributed by atoms with Gasteiger partial charge in [-0.15, -0.1) is 24.8 Å². The van der Waals surface area contributed by atoms with Gasteiger partial charge in [0.1, 0.15) is 0 Å². The molecule has 0 aromatic carbocycles. The van der Waals surface area contributed by atoms with Crippen LogP contribution in [0.15, 0.2) is 18.5 Å². The van der Waals surface area contributed by atoms with Crippen molar-refractivity contribution in [3.05, 3.63) is 18.5 Å². The van der Waals surface area contributed by atoms with Crippen LogP contribution < -0.4 is 16.0 Å². The minimum absolute atomic E-state index is 0. The van der Waals surface area contributed by atoms with Gasteiger partial charge in [-0.05, 0) is 6.07 Å². The fourth-order valence-corrected chi connectivity index (χ4v) is 2.34. The van der Waals surface area contributed by atoms with E-state index in [0.29, 0.717) is 51.6 Å². The fourth-order valence-electron chi connectivity index (χ4n) is 2.34. The average Bonchev–Trinajstić information content (AvgIpc) is 2.61. The van der Waals surface area contributed by atoms with Crippen LogP contribution in [0.5, 0.6) is 0 Å². The number of piperazine rings is 1. The SMILES string of the molecule is CC(CN)C(=O)NCCC(=O)N1CCN(c2ncccn2)CC1.Cl.Cl. The minimum atomic E-state index is -0.223. The van der Waals surface area contributed by atoms with Crippen molar-refractivity contribution < 1.29 is 9.59 Å². The summed E-state index contributed by atoms with van der Waals surface area (Å²) < 4.78 is 0. The third-order valence-corrected chi connectivity index (χ3v) is 3.91. The van der Waals surface area contributed by atoms with E-state index >= 15 is 0 Å². The van der Waals surface area contributed by atoms with Gasteiger partial charge in [-0.1, -0.05) is 6.92 Å². The summed E-state index contributed by atoms with van der Waals surface area (Å²) in [6.07, 6.45) is 3.74. The number of carbonyl (C=O) groups is 2. The predicted octanol–water partition coefficient (Wildman–Crippen LogP) is 0.0699. The third kappa shape index (κ3) is 7.01. The van der Waals surface area contributed by atoms with Gasteiger partial charge in [-0.2, -0.15) is 0 Å². The van der Waals surface area contributed by atoms with Crippen LogP contribution in [0.3, 0.4) is 0 Å². The first-order valence-corrected chi connectivity index (χ1v) is 7.89. The molecular formula is C15H26Cl2N6O2. The van der Waals surface area contributed by atoms with Crippen molar-refractivity contribution >= 4 is 42.6 Å². The monoisotopic (exact) mass is 392 g/mol. The van der Waals surface area contributed by atoms with E-state index < -0.39 is 0 Å². The molecule has 0 spiro atoms. The van der Waals surface area contributed by atoms with Crippen LogP contribution in [0.2, 0.25) is 0 Å². The molecule has 2 rings (SSSR count). The summed E-state index contributed by atoms with van der Waals surface area (Å²) in [5.74, 6) is 0.424. The molecule has 0 bridgehead atoms. The van der Waals surface area contributed by atoms with E-state index in [1.54, 1.807) is 25.4 Å². The van der Waals surface area contributed by atoms with Crippen LogP contribution in [0.4, 0.5) is 5.95 Å². The number of carbonyl (C=O) groups excluding carboxylic acids is 2. The molecule has 142 valence electrons. The van der Waals surface area contributed by atoms with Crippen LogP contribution in [0.1, 0.15) is 13.3 Å². The smallest absolute Gasteiger partial charge is 0.225 e. The number of amides is 2. The number of nitrogens with two attached hydrogens (primary N) is 1. The Morgan fingerprint density at radius 1 is 1.20 bits per heavy atom. The topological polar surface area (TPSA) is 104 Å². The number of halogens is 2. The Labute approximate surface area is 160 Å². The van der Waals surface area contributed by atoms with Crippen molar-refractivity contribution in [2.75, 3.05) is 44.2 Å². The average molecular weight is 393 g/mol. The summed E-state index contributed by atoms with van der Waals surface area (Å²) in [5.41, 5.74) is 5.43. The van der Waals surface area contributed by atoms with E-state index in [4.69, 9.17) is 5.73 Å². The van der Waals surface area contributed by atoms with Gasteiger partial charge in [0.15, 0.2) is 0 Å². The Balaban J connectivity index is 0.00000288. The van der Waals surface area contributed by atoms with Crippen molar-refractivity contribution in [2.24, 2.45) is 11.7 Å². The first-order valence-electron chi connectivity index (χ1n) is 7.89. The molecule has 1 aromatic rings. The van der Waals surface area contributed by atoms with E-state index in [0.717, 1.165) is 0 Å². The Morgan fingerprint density at radius 3 is 2.36 bits per heavy atom. The second-order valence-electron chi connectivity index (χ2n) is 5.59. The molecule has 2 amide bonds. The number of anilines is 1. The second-order valence-corrected chi connectivity index (χ2v) is 5.59. The predicted molar refractivity (Wildman–Crippen MR) is 101 cm³/mol. The van der Waals surface area contributed by atoms with Crippen molar-refractivity contribution in [1.29, 1.82) is 0 Å². The molecular weight excluding hydrogens is 367 g/mol. The second kappa shape index (κ2) is 11.8. The molecule has 1 unspecified atom stereocenters. The lowest BCUT2D eigenvalue weighted by Gasteiger charge is -2.34. The van der Waals surface area contributed by atoms with Gasteiger partial charge in [0.25, 0.3) is 0 Å². The highest BCUT2D eigenvalue weighted by Crippen LogP contribution is 2.10. The zero-order chi connectivity index (χ0) is 16.7. The van der Waals surface area contributed by atoms with Crippen molar-refractivity contribution in [3.63, 3.8) is 0 Å². The zero-order valence-corrected chi connectivity index (χ0v) is 15.9. The molecule has 1 fully saturated rings. The van der Waals surface area contributed by atoms with Gasteiger partial charge in [0.05, 0.1) is 0 Å². The van der Waals surface area contributed by atoms with Gasteiger partial charge in [0, 0.05) is 64.0 Å². The maximum Gasteiger partial charge on any atom is 0.225 e. The van der Waals surface area contributed by atoms with Crippen LogP contribution in [-0.2, 0) is 9.59 Å². The van der Waals surface area contributed by atoms with Crippen molar-refractivity contribution in [2.45, 2.75) is 13.3 Å². The van der Waals surface area contributed by atoms with Gasteiger partial charge in [-0.3, -0.25) is 9.59 Å². The molecule has 1 aromatic heterocycles. The molecule has 10 heteroatoms. The lowest BCUT2D eigenvalue weighted by Crippen LogP contribution is -2.49. The standard InChI is InChI=1S/C15H24N6O2.2ClH/c1-12(11-16)14(23)17-6-3-13(22)20-7-9-21(10-8-20)15-18-4-2-5-19-15;;/h2,4-5,12H,3,6-11,16H2,1H3,(H,17,23);2*1H. The quantitative estimate of drug-likeness (QED) is 0.709. The number of hydrogen-bond acceptors (Lipinski definition) is 6. The maximum absolute atomic E-state index is 12.2. The number of rotatable bonds is 6. The third-order valence-electron chi connectivity index (χ3n) is 3.91. The first-order chi connectivity index (χ1) is 11.1. The molecule has 3 N–H and O–H groups in total. The lowest BCUT2D eigenvalue weighted by molar-refractivity contribution is -0.131. The fraction of sp³-hybridized carbons (Fsp3) is 0.600. The number of aromatic nitrogens is 2. The Kier molecular flexibility index (Phi) is 11.1. The Hall–Kier alpha value is -1.64. The van der Waals surface area contributed by atoms with Crippen molar-refractivity contribution in [1.82, 2.24) is 20.2 Å². The number of hydrogen-bond donors (Lipinski definition) is 2. The summed E-state index contributed by atoms with van der Waals surface area (Å²) in [7, 11) is 0. The molecule has 1 aliphatic rings. The highest BCUT2D eigenvalue weighted by Gasteiger charge is 2.22. The lowest BCUT2D eigenvalue weighted by atomic mass is 10.1. The van der Waals surface area contributed by atoms with E-state index in [9.17, 15) is 9.59 Å². The van der Waals surface area contributed by atoms with Crippen molar-refractivity contribution in [3.8, 4) is 0 Å². The molecule has 1 atom stereocenters. The highest BCUT2D eigenvalue weighted by atomic mass is 35.5. The van der Waals surface area contributed by atoms with Crippen LogP contribution in [0.25, 0.3) is 0 Å². The Bertz CT molecular complexity index is 526.